The highest BCUT2D eigenvalue weighted by molar-refractivity contribution is 7.89. The minimum Gasteiger partial charge on any atom is -0.478 e. The Morgan fingerprint density at radius 2 is 1.46 bits per heavy atom. The van der Waals surface area contributed by atoms with Crippen molar-refractivity contribution in [2.75, 3.05) is 26.2 Å². The first kappa shape index (κ1) is 20.0. The van der Waals surface area contributed by atoms with E-state index in [2.05, 4.69) is 4.90 Å². The van der Waals surface area contributed by atoms with Gasteiger partial charge in [-0.2, -0.15) is 4.31 Å². The van der Waals surface area contributed by atoms with Gasteiger partial charge >= 0.3 is 11.9 Å². The maximum atomic E-state index is 12.8. The first-order chi connectivity index (χ1) is 13.3. The van der Waals surface area contributed by atoms with Crippen LogP contribution in [0.25, 0.3) is 0 Å². The van der Waals surface area contributed by atoms with E-state index >= 15 is 0 Å². The summed E-state index contributed by atoms with van der Waals surface area (Å²) < 4.78 is 26.9. The second-order valence-electron chi connectivity index (χ2n) is 6.52. The lowest BCUT2D eigenvalue weighted by Gasteiger charge is -2.34. The number of carboxylic acid groups (broad SMARTS) is 2. The number of hydrogen-bond donors (Lipinski definition) is 2. The van der Waals surface area contributed by atoms with Crippen LogP contribution < -0.4 is 0 Å². The molecule has 28 heavy (non-hydrogen) atoms. The molecule has 0 radical (unpaired) electrons. The predicted octanol–water partition coefficient (Wildman–Crippen LogP) is 1.59. The molecule has 148 valence electrons. The summed E-state index contributed by atoms with van der Waals surface area (Å²) >= 11 is 0. The highest BCUT2D eigenvalue weighted by atomic mass is 32.2. The topological polar surface area (TPSA) is 115 Å². The molecule has 0 spiro atoms. The third kappa shape index (κ3) is 4.38. The predicted molar refractivity (Wildman–Crippen MR) is 101 cm³/mol. The lowest BCUT2D eigenvalue weighted by atomic mass is 10.1. The van der Waals surface area contributed by atoms with Crippen LogP contribution in [0, 0.1) is 0 Å². The maximum absolute atomic E-state index is 12.8. The summed E-state index contributed by atoms with van der Waals surface area (Å²) in [6, 6.07) is 12.0. The fourth-order valence-electron chi connectivity index (χ4n) is 3.08. The number of piperazine rings is 1. The third-order valence-corrected chi connectivity index (χ3v) is 6.55. The van der Waals surface area contributed by atoms with Crippen molar-refractivity contribution in [3.05, 3.63) is 65.2 Å². The van der Waals surface area contributed by atoms with E-state index in [1.54, 1.807) is 24.3 Å². The van der Waals surface area contributed by atoms with Crippen molar-refractivity contribution >= 4 is 22.0 Å². The van der Waals surface area contributed by atoms with Crippen LogP contribution in [0.15, 0.2) is 53.4 Å². The molecule has 0 bridgehead atoms. The van der Waals surface area contributed by atoms with Gasteiger partial charge in [0.15, 0.2) is 0 Å². The van der Waals surface area contributed by atoms with Gasteiger partial charge in [0.25, 0.3) is 0 Å². The number of aromatic carboxylic acids is 2. The van der Waals surface area contributed by atoms with Gasteiger partial charge in [-0.3, -0.25) is 4.90 Å². The first-order valence-electron chi connectivity index (χ1n) is 8.65. The van der Waals surface area contributed by atoms with E-state index in [1.165, 1.54) is 28.6 Å². The first-order valence-corrected chi connectivity index (χ1v) is 10.1. The zero-order chi connectivity index (χ0) is 20.3. The van der Waals surface area contributed by atoms with Crippen LogP contribution in [0.3, 0.4) is 0 Å². The number of nitrogens with zero attached hydrogens (tertiary/aromatic N) is 2. The normalized spacial score (nSPS) is 16.0. The van der Waals surface area contributed by atoms with Crippen LogP contribution in [-0.2, 0) is 16.6 Å². The van der Waals surface area contributed by atoms with Gasteiger partial charge in [-0.1, -0.05) is 18.2 Å². The van der Waals surface area contributed by atoms with Crippen LogP contribution in [0.2, 0.25) is 0 Å². The summed E-state index contributed by atoms with van der Waals surface area (Å²) in [5, 5.41) is 18.0. The van der Waals surface area contributed by atoms with Crippen LogP contribution in [-0.4, -0.2) is 66.0 Å². The Kier molecular flexibility index (Phi) is 5.78. The van der Waals surface area contributed by atoms with Gasteiger partial charge in [-0.25, -0.2) is 18.0 Å². The molecule has 1 saturated heterocycles. The van der Waals surface area contributed by atoms with E-state index in [9.17, 15) is 18.0 Å². The van der Waals surface area contributed by atoms with Crippen molar-refractivity contribution in [2.24, 2.45) is 0 Å². The number of carboxylic acids is 2. The molecule has 3 rings (SSSR count). The Morgan fingerprint density at radius 1 is 0.857 bits per heavy atom. The minimum absolute atomic E-state index is 0.0230. The van der Waals surface area contributed by atoms with E-state index in [0.717, 1.165) is 5.56 Å². The highest BCUT2D eigenvalue weighted by Gasteiger charge is 2.29. The Morgan fingerprint density at radius 3 is 2.04 bits per heavy atom. The number of rotatable bonds is 6. The lowest BCUT2D eigenvalue weighted by Crippen LogP contribution is -2.48. The molecule has 8 nitrogen and oxygen atoms in total. The average Bonchev–Trinajstić information content (AvgIpc) is 2.69. The third-order valence-electron chi connectivity index (χ3n) is 4.66. The quantitative estimate of drug-likeness (QED) is 0.751. The van der Waals surface area contributed by atoms with E-state index in [1.807, 2.05) is 0 Å². The molecule has 1 heterocycles. The Hall–Kier alpha value is -2.75. The zero-order valence-corrected chi connectivity index (χ0v) is 15.8. The van der Waals surface area contributed by atoms with E-state index in [0.29, 0.717) is 32.7 Å². The second kappa shape index (κ2) is 8.09. The molecular formula is C19H20N2O6S. The molecule has 0 unspecified atom stereocenters. The lowest BCUT2D eigenvalue weighted by molar-refractivity contribution is 0.0686. The van der Waals surface area contributed by atoms with Gasteiger partial charge in [0.2, 0.25) is 10.0 Å². The molecule has 0 atom stereocenters. The Balaban J connectivity index is 1.63. The fourth-order valence-corrected chi connectivity index (χ4v) is 4.55. The van der Waals surface area contributed by atoms with Gasteiger partial charge < -0.3 is 10.2 Å². The average molecular weight is 404 g/mol. The summed E-state index contributed by atoms with van der Waals surface area (Å²) in [6.07, 6.45) is 0. The van der Waals surface area contributed by atoms with Crippen LogP contribution in [0.1, 0.15) is 26.3 Å². The molecule has 2 aromatic rings. The summed E-state index contributed by atoms with van der Waals surface area (Å²) in [4.78, 5) is 24.1. The van der Waals surface area contributed by atoms with Crippen molar-refractivity contribution in [3.8, 4) is 0 Å². The molecule has 1 aliphatic heterocycles. The molecule has 0 aliphatic carbocycles. The largest absolute Gasteiger partial charge is 0.478 e. The smallest absolute Gasteiger partial charge is 0.335 e. The van der Waals surface area contributed by atoms with Crippen molar-refractivity contribution < 1.29 is 28.2 Å². The standard InChI is InChI=1S/C19H20N2O6S/c22-18(23)15-6-4-14(5-7-15)13-20-8-10-21(11-9-20)28(26,27)17-3-1-2-16(12-17)19(24)25/h1-7,12H,8-11,13H2,(H,22,23)(H,24,25). The second-order valence-corrected chi connectivity index (χ2v) is 8.45. The van der Waals surface area contributed by atoms with Crippen LogP contribution in [0.5, 0.6) is 0 Å². The molecule has 2 aromatic carbocycles. The molecule has 1 aliphatic rings. The van der Waals surface area contributed by atoms with Crippen LogP contribution in [0.4, 0.5) is 0 Å². The van der Waals surface area contributed by atoms with Gasteiger partial charge in [-0.15, -0.1) is 0 Å². The van der Waals surface area contributed by atoms with Crippen molar-refractivity contribution in [3.63, 3.8) is 0 Å². The Labute approximate surface area is 162 Å². The van der Waals surface area contributed by atoms with Crippen LogP contribution >= 0.6 is 0 Å². The van der Waals surface area contributed by atoms with Gasteiger partial charge in [-0.05, 0) is 35.9 Å². The van der Waals surface area contributed by atoms with Gasteiger partial charge in [0.1, 0.15) is 0 Å². The zero-order valence-electron chi connectivity index (χ0n) is 15.0. The van der Waals surface area contributed by atoms with Crippen molar-refractivity contribution in [1.29, 1.82) is 0 Å². The molecular weight excluding hydrogens is 384 g/mol. The van der Waals surface area contributed by atoms with Gasteiger partial charge in [0.05, 0.1) is 16.0 Å². The molecule has 0 amide bonds. The summed E-state index contributed by atoms with van der Waals surface area (Å²) in [5.41, 5.74) is 1.11. The van der Waals surface area contributed by atoms with E-state index in [4.69, 9.17) is 10.2 Å². The number of hydrogen-bond acceptors (Lipinski definition) is 5. The summed E-state index contributed by atoms with van der Waals surface area (Å²) in [6.45, 7) is 2.25. The van der Waals surface area contributed by atoms with E-state index < -0.39 is 22.0 Å². The molecule has 0 aromatic heterocycles. The summed E-state index contributed by atoms with van der Waals surface area (Å²) in [7, 11) is -3.75. The molecule has 0 saturated carbocycles. The minimum atomic E-state index is -3.75. The SMILES string of the molecule is O=C(O)c1ccc(CN2CCN(S(=O)(=O)c3cccc(C(=O)O)c3)CC2)cc1. The van der Waals surface area contributed by atoms with E-state index in [-0.39, 0.29) is 16.0 Å². The number of sulfonamides is 1. The molecule has 1 fully saturated rings. The maximum Gasteiger partial charge on any atom is 0.335 e. The molecule has 2 N–H and O–H groups in total. The van der Waals surface area contributed by atoms with Gasteiger partial charge in [0, 0.05) is 32.7 Å². The molecule has 9 heteroatoms. The Bertz CT molecular complexity index is 980. The number of benzene rings is 2. The summed E-state index contributed by atoms with van der Waals surface area (Å²) in [5.74, 6) is -2.15. The fraction of sp³-hybridized carbons (Fsp3) is 0.263. The van der Waals surface area contributed by atoms with Crippen molar-refractivity contribution in [2.45, 2.75) is 11.4 Å². The highest BCUT2D eigenvalue weighted by Crippen LogP contribution is 2.20. The monoisotopic (exact) mass is 404 g/mol. The number of carbonyl (C=O) groups is 2. The van der Waals surface area contributed by atoms with Crippen molar-refractivity contribution in [1.82, 2.24) is 9.21 Å².